The van der Waals surface area contributed by atoms with E-state index in [1.165, 1.54) is 27.8 Å². The second-order valence-corrected chi connectivity index (χ2v) is 8.60. The lowest BCUT2D eigenvalue weighted by Crippen LogP contribution is -2.21. The van der Waals surface area contributed by atoms with Crippen LogP contribution in [0.4, 0.5) is 0 Å². The summed E-state index contributed by atoms with van der Waals surface area (Å²) in [4.78, 5) is 11.5. The highest BCUT2D eigenvalue weighted by molar-refractivity contribution is 5.93. The molecule has 1 N–H and O–H groups in total. The summed E-state index contributed by atoms with van der Waals surface area (Å²) in [7, 11) is 0. The maximum atomic E-state index is 11.5. The number of fused-ring (bicyclic) bond motifs is 1. The third-order valence-electron chi connectivity index (χ3n) is 5.89. The molecule has 3 aromatic rings. The van der Waals surface area contributed by atoms with Crippen molar-refractivity contribution in [2.75, 3.05) is 0 Å². The minimum atomic E-state index is -0.910. The number of hydrogen-bond acceptors (Lipinski definition) is 1. The number of carbonyl (C=O) groups is 1. The zero-order valence-corrected chi connectivity index (χ0v) is 17.6. The predicted octanol–water partition coefficient (Wildman–Crippen LogP) is 6.98. The summed E-state index contributed by atoms with van der Waals surface area (Å²) in [5.74, 6) is -0.910. The van der Waals surface area contributed by atoms with E-state index in [9.17, 15) is 9.90 Å². The average Bonchev–Trinajstić information content (AvgIpc) is 2.73. The van der Waals surface area contributed by atoms with Gasteiger partial charge in [-0.15, -0.1) is 0 Å². The molecular weight excluding hydrogens is 368 g/mol. The van der Waals surface area contributed by atoms with Crippen LogP contribution in [0.15, 0.2) is 72.8 Å². The van der Waals surface area contributed by atoms with E-state index in [1.807, 2.05) is 24.3 Å². The molecule has 2 nitrogen and oxygen atoms in total. The fourth-order valence-corrected chi connectivity index (χ4v) is 4.09. The predicted molar refractivity (Wildman–Crippen MR) is 125 cm³/mol. The van der Waals surface area contributed by atoms with Crippen molar-refractivity contribution in [3.63, 3.8) is 0 Å². The first-order chi connectivity index (χ1) is 14.3. The van der Waals surface area contributed by atoms with E-state index in [2.05, 4.69) is 69.3 Å². The van der Waals surface area contributed by atoms with Crippen molar-refractivity contribution in [1.82, 2.24) is 0 Å². The second-order valence-electron chi connectivity index (χ2n) is 8.60. The van der Waals surface area contributed by atoms with Crippen LogP contribution in [0.2, 0.25) is 0 Å². The summed E-state index contributed by atoms with van der Waals surface area (Å²) in [6, 6.07) is 22.3. The Morgan fingerprint density at radius 2 is 1.70 bits per heavy atom. The molecule has 0 unspecified atom stereocenters. The van der Waals surface area contributed by atoms with Gasteiger partial charge in [-0.05, 0) is 64.3 Å². The monoisotopic (exact) mass is 394 g/mol. The van der Waals surface area contributed by atoms with Gasteiger partial charge in [0.1, 0.15) is 0 Å². The van der Waals surface area contributed by atoms with Crippen molar-refractivity contribution < 1.29 is 9.90 Å². The number of benzene rings is 3. The molecule has 0 heterocycles. The number of aromatic carboxylic acids is 1. The van der Waals surface area contributed by atoms with Crippen LogP contribution in [0.25, 0.3) is 17.7 Å². The van der Waals surface area contributed by atoms with Gasteiger partial charge in [0.2, 0.25) is 0 Å². The maximum absolute atomic E-state index is 11.5. The Bertz CT molecular complexity index is 1160. The summed E-state index contributed by atoms with van der Waals surface area (Å²) in [5.41, 5.74) is 8.52. The van der Waals surface area contributed by atoms with Gasteiger partial charge >= 0.3 is 5.97 Å². The fourth-order valence-electron chi connectivity index (χ4n) is 4.09. The quantitative estimate of drug-likeness (QED) is 0.485. The van der Waals surface area contributed by atoms with Gasteiger partial charge in [-0.25, -0.2) is 4.79 Å². The van der Waals surface area contributed by atoms with Crippen LogP contribution in [0.5, 0.6) is 0 Å². The highest BCUT2D eigenvalue weighted by Crippen LogP contribution is 2.41. The number of aryl methyl sites for hydroxylation is 1. The summed E-state index contributed by atoms with van der Waals surface area (Å²) < 4.78 is 0. The van der Waals surface area contributed by atoms with Gasteiger partial charge in [0.05, 0.1) is 5.56 Å². The highest BCUT2D eigenvalue weighted by atomic mass is 16.4. The van der Waals surface area contributed by atoms with Gasteiger partial charge in [0, 0.05) is 0 Å². The first-order valence-corrected chi connectivity index (χ1v) is 10.3. The number of hydrogen-bond donors (Lipinski definition) is 1. The molecule has 3 aromatic carbocycles. The number of rotatable bonds is 4. The van der Waals surface area contributed by atoms with E-state index in [-0.39, 0.29) is 5.41 Å². The molecule has 1 aliphatic carbocycles. The molecule has 0 fully saturated rings. The molecular formula is C28H26O2. The molecule has 30 heavy (non-hydrogen) atoms. The van der Waals surface area contributed by atoms with Gasteiger partial charge in [-0.3, -0.25) is 0 Å². The number of carboxylic acid groups (broad SMARTS) is 1. The first-order valence-electron chi connectivity index (χ1n) is 10.3. The molecule has 1 aliphatic rings. The lowest BCUT2D eigenvalue weighted by Gasteiger charge is -2.32. The van der Waals surface area contributed by atoms with Crippen molar-refractivity contribution in [2.45, 2.75) is 32.6 Å². The fraction of sp³-hybridized carbons (Fsp3) is 0.179. The van der Waals surface area contributed by atoms with Crippen LogP contribution >= 0.6 is 0 Å². The highest BCUT2D eigenvalue weighted by Gasteiger charge is 2.28. The van der Waals surface area contributed by atoms with Crippen LogP contribution in [-0.4, -0.2) is 11.1 Å². The van der Waals surface area contributed by atoms with Crippen molar-refractivity contribution in [3.8, 4) is 0 Å². The van der Waals surface area contributed by atoms with E-state index in [4.69, 9.17) is 0 Å². The normalized spacial score (nSPS) is 15.0. The third-order valence-corrected chi connectivity index (χ3v) is 5.89. The maximum Gasteiger partial charge on any atom is 0.336 e. The lowest BCUT2D eigenvalue weighted by atomic mass is 9.72. The molecule has 0 saturated carbocycles. The molecule has 0 radical (unpaired) electrons. The Kier molecular flexibility index (Phi) is 5.17. The smallest absolute Gasteiger partial charge is 0.336 e. The van der Waals surface area contributed by atoms with E-state index in [0.717, 1.165) is 12.0 Å². The third kappa shape index (κ3) is 3.86. The van der Waals surface area contributed by atoms with E-state index in [1.54, 1.807) is 12.1 Å². The summed E-state index contributed by atoms with van der Waals surface area (Å²) in [6.07, 6.45) is 7.23. The summed E-state index contributed by atoms with van der Waals surface area (Å²) in [5, 5.41) is 9.42. The molecule has 0 amide bonds. The topological polar surface area (TPSA) is 37.3 Å². The minimum Gasteiger partial charge on any atom is -0.478 e. The van der Waals surface area contributed by atoms with Crippen LogP contribution in [-0.2, 0) is 5.41 Å². The molecule has 0 aromatic heterocycles. The van der Waals surface area contributed by atoms with Gasteiger partial charge in [-0.1, -0.05) is 92.2 Å². The van der Waals surface area contributed by atoms with Crippen LogP contribution < -0.4 is 0 Å². The number of allylic oxidation sites excluding steroid dienone is 1. The largest absolute Gasteiger partial charge is 0.478 e. The van der Waals surface area contributed by atoms with Crippen molar-refractivity contribution in [1.29, 1.82) is 0 Å². The lowest BCUT2D eigenvalue weighted by molar-refractivity contribution is 0.0696. The molecule has 2 heteroatoms. The molecule has 150 valence electrons. The van der Waals surface area contributed by atoms with E-state index < -0.39 is 5.97 Å². The zero-order chi connectivity index (χ0) is 21.3. The van der Waals surface area contributed by atoms with E-state index >= 15 is 0 Å². The number of carboxylic acids is 1. The summed E-state index contributed by atoms with van der Waals surface area (Å²) >= 11 is 0. The Hall–Kier alpha value is -3.39. The zero-order valence-electron chi connectivity index (χ0n) is 17.6. The van der Waals surface area contributed by atoms with Crippen LogP contribution in [0.3, 0.4) is 0 Å². The second kappa shape index (κ2) is 7.79. The molecule has 0 bridgehead atoms. The SMILES string of the molecule is Cc1ccc(C2=CCC(C)(C)c3ccc(/C=C/c4ccccc4C(=O)O)cc32)cc1. The van der Waals surface area contributed by atoms with Crippen molar-refractivity contribution in [2.24, 2.45) is 0 Å². The van der Waals surface area contributed by atoms with Gasteiger partial charge in [0.25, 0.3) is 0 Å². The molecule has 0 aliphatic heterocycles. The molecule has 0 saturated heterocycles. The van der Waals surface area contributed by atoms with E-state index in [0.29, 0.717) is 11.1 Å². The Morgan fingerprint density at radius 1 is 0.967 bits per heavy atom. The Labute approximate surface area is 178 Å². The molecule has 0 atom stereocenters. The summed E-state index contributed by atoms with van der Waals surface area (Å²) in [6.45, 7) is 6.67. The first kappa shape index (κ1) is 19.9. The van der Waals surface area contributed by atoms with Gasteiger partial charge in [-0.2, -0.15) is 0 Å². The van der Waals surface area contributed by atoms with Crippen LogP contribution in [0.1, 0.15) is 64.0 Å². The Morgan fingerprint density at radius 3 is 2.43 bits per heavy atom. The van der Waals surface area contributed by atoms with Crippen LogP contribution in [0, 0.1) is 6.92 Å². The van der Waals surface area contributed by atoms with Crippen molar-refractivity contribution >= 4 is 23.7 Å². The average molecular weight is 395 g/mol. The van der Waals surface area contributed by atoms with Gasteiger partial charge in [0.15, 0.2) is 0 Å². The minimum absolute atomic E-state index is 0.0850. The van der Waals surface area contributed by atoms with Crippen molar-refractivity contribution in [3.05, 3.63) is 112 Å². The molecule has 4 rings (SSSR count). The van der Waals surface area contributed by atoms with Gasteiger partial charge < -0.3 is 5.11 Å². The molecule has 0 spiro atoms. The Balaban J connectivity index is 1.76. The standard InChI is InChI=1S/C28H26O2/c1-19-8-12-22(13-9-19)23-16-17-28(2,3)26-15-11-20(18-25(23)26)10-14-21-6-4-5-7-24(21)27(29)30/h4-16,18H,17H2,1-3H3,(H,29,30)/b14-10+.